The number of unbranched alkanes of at least 4 members (excludes halogenated alkanes) is 1. The van der Waals surface area contributed by atoms with Crippen molar-refractivity contribution in [3.8, 4) is 0 Å². The van der Waals surface area contributed by atoms with Gasteiger partial charge < -0.3 is 24.7 Å². The number of rotatable bonds is 13. The van der Waals surface area contributed by atoms with Gasteiger partial charge in [0.25, 0.3) is 5.91 Å². The maximum absolute atomic E-state index is 13.1. The maximum atomic E-state index is 13.1. The molecule has 11 heteroatoms. The maximum Gasteiger partial charge on any atom is 0.327 e. The number of aromatic nitrogens is 3. The van der Waals surface area contributed by atoms with Gasteiger partial charge in [-0.25, -0.2) is 9.78 Å². The minimum Gasteiger partial charge on any atom is -0.481 e. The summed E-state index contributed by atoms with van der Waals surface area (Å²) < 4.78 is 3.34. The van der Waals surface area contributed by atoms with E-state index in [9.17, 15) is 24.6 Å². The van der Waals surface area contributed by atoms with Crippen LogP contribution in [0.3, 0.4) is 0 Å². The van der Waals surface area contributed by atoms with Crippen molar-refractivity contribution >= 4 is 46.5 Å². The SMILES string of the molecule is CCCCc1nc(Cl)c(CC(=O)O)n1Cc1ccc(NC(=O)c2cccn2[C@@H](Cc2cccs2)C(=O)O)cc1. The highest BCUT2D eigenvalue weighted by Gasteiger charge is 2.25. The van der Waals surface area contributed by atoms with Crippen LogP contribution in [0.15, 0.2) is 60.1 Å². The molecule has 0 saturated carbocycles. The summed E-state index contributed by atoms with van der Waals surface area (Å²) in [5.41, 5.74) is 2.14. The summed E-state index contributed by atoms with van der Waals surface area (Å²) in [6, 6.07) is 13.3. The average Bonchev–Trinajstić information content (AvgIpc) is 3.65. The van der Waals surface area contributed by atoms with E-state index < -0.39 is 23.9 Å². The lowest BCUT2D eigenvalue weighted by Crippen LogP contribution is -2.26. The quantitative estimate of drug-likeness (QED) is 0.194. The number of imidazole rings is 1. The topological polar surface area (TPSA) is 126 Å². The molecule has 0 spiro atoms. The lowest BCUT2D eigenvalue weighted by molar-refractivity contribution is -0.141. The number of nitrogens with one attached hydrogen (secondary N) is 1. The average molecular weight is 569 g/mol. The molecule has 0 aliphatic carbocycles. The zero-order valence-electron chi connectivity index (χ0n) is 21.3. The van der Waals surface area contributed by atoms with E-state index in [4.69, 9.17) is 11.6 Å². The first-order chi connectivity index (χ1) is 18.8. The minimum atomic E-state index is -1.02. The summed E-state index contributed by atoms with van der Waals surface area (Å²) in [5, 5.41) is 24.1. The van der Waals surface area contributed by atoms with Crippen molar-refractivity contribution < 1.29 is 24.6 Å². The van der Waals surface area contributed by atoms with Crippen LogP contribution in [-0.4, -0.2) is 42.2 Å². The Morgan fingerprint density at radius 3 is 2.51 bits per heavy atom. The van der Waals surface area contributed by atoms with Gasteiger partial charge in [0.2, 0.25) is 0 Å². The molecule has 0 fully saturated rings. The largest absolute Gasteiger partial charge is 0.481 e. The predicted molar refractivity (Wildman–Crippen MR) is 150 cm³/mol. The number of halogens is 1. The number of carboxylic acid groups (broad SMARTS) is 2. The Balaban J connectivity index is 1.49. The van der Waals surface area contributed by atoms with Crippen molar-refractivity contribution in [2.45, 2.75) is 51.6 Å². The van der Waals surface area contributed by atoms with E-state index in [2.05, 4.69) is 17.2 Å². The summed E-state index contributed by atoms with van der Waals surface area (Å²) in [6.45, 7) is 2.46. The Bertz CT molecular complexity index is 1440. The normalized spacial score (nSPS) is 11.8. The molecule has 1 amide bonds. The van der Waals surface area contributed by atoms with Gasteiger partial charge in [-0.05, 0) is 47.7 Å². The first-order valence-corrected chi connectivity index (χ1v) is 13.8. The number of carboxylic acids is 2. The second kappa shape index (κ2) is 12.8. The molecule has 39 heavy (non-hydrogen) atoms. The van der Waals surface area contributed by atoms with Gasteiger partial charge in [0.05, 0.1) is 12.1 Å². The molecule has 1 aromatic carbocycles. The van der Waals surface area contributed by atoms with Crippen molar-refractivity contribution in [1.82, 2.24) is 14.1 Å². The van der Waals surface area contributed by atoms with Crippen LogP contribution in [-0.2, 0) is 35.4 Å². The molecule has 204 valence electrons. The van der Waals surface area contributed by atoms with Gasteiger partial charge in [-0.1, -0.05) is 43.1 Å². The van der Waals surface area contributed by atoms with Crippen LogP contribution in [0, 0.1) is 0 Å². The van der Waals surface area contributed by atoms with E-state index in [1.807, 2.05) is 34.2 Å². The monoisotopic (exact) mass is 568 g/mol. The number of hydrogen-bond donors (Lipinski definition) is 3. The number of hydrogen-bond acceptors (Lipinski definition) is 5. The van der Waals surface area contributed by atoms with Crippen LogP contribution in [0.1, 0.15) is 58.3 Å². The van der Waals surface area contributed by atoms with E-state index in [-0.39, 0.29) is 23.7 Å². The van der Waals surface area contributed by atoms with Crippen molar-refractivity contribution in [2.24, 2.45) is 0 Å². The highest BCUT2D eigenvalue weighted by molar-refractivity contribution is 7.09. The van der Waals surface area contributed by atoms with Crippen LogP contribution in [0.25, 0.3) is 0 Å². The lowest BCUT2D eigenvalue weighted by atomic mass is 10.1. The molecule has 0 radical (unpaired) electrons. The van der Waals surface area contributed by atoms with Gasteiger partial charge in [0.15, 0.2) is 5.15 Å². The number of nitrogens with zero attached hydrogens (tertiary/aromatic N) is 3. The van der Waals surface area contributed by atoms with Crippen LogP contribution >= 0.6 is 22.9 Å². The molecule has 0 unspecified atom stereocenters. The molecule has 3 aromatic heterocycles. The van der Waals surface area contributed by atoms with Crippen LogP contribution < -0.4 is 5.32 Å². The summed E-state index contributed by atoms with van der Waals surface area (Å²) in [5.74, 6) is -1.68. The number of carbonyl (C=O) groups is 3. The molecule has 4 rings (SSSR count). The van der Waals surface area contributed by atoms with Gasteiger partial charge in [-0.3, -0.25) is 9.59 Å². The zero-order valence-corrected chi connectivity index (χ0v) is 22.9. The summed E-state index contributed by atoms with van der Waals surface area (Å²) in [4.78, 5) is 41.8. The molecule has 3 heterocycles. The van der Waals surface area contributed by atoms with E-state index in [1.54, 1.807) is 30.5 Å². The van der Waals surface area contributed by atoms with Gasteiger partial charge in [-0.2, -0.15) is 0 Å². The Kier molecular flexibility index (Phi) is 9.21. The molecule has 0 saturated heterocycles. The van der Waals surface area contributed by atoms with Gasteiger partial charge in [-0.15, -0.1) is 11.3 Å². The Morgan fingerprint density at radius 2 is 1.87 bits per heavy atom. The Hall–Kier alpha value is -3.89. The van der Waals surface area contributed by atoms with Gasteiger partial charge in [0, 0.05) is 36.1 Å². The van der Waals surface area contributed by atoms with E-state index in [1.165, 1.54) is 15.9 Å². The molecular weight excluding hydrogens is 540 g/mol. The van der Waals surface area contributed by atoms with Crippen molar-refractivity contribution in [2.75, 3.05) is 5.32 Å². The molecule has 9 nitrogen and oxygen atoms in total. The minimum absolute atomic E-state index is 0.203. The third kappa shape index (κ3) is 6.96. The summed E-state index contributed by atoms with van der Waals surface area (Å²) >= 11 is 7.76. The molecule has 1 atom stereocenters. The number of aliphatic carboxylic acids is 2. The van der Waals surface area contributed by atoms with E-state index in [0.29, 0.717) is 24.3 Å². The number of anilines is 1. The van der Waals surface area contributed by atoms with Gasteiger partial charge in [0.1, 0.15) is 17.6 Å². The molecule has 3 N–H and O–H groups in total. The van der Waals surface area contributed by atoms with Crippen molar-refractivity contribution in [1.29, 1.82) is 0 Å². The second-order valence-corrected chi connectivity index (χ2v) is 10.5. The third-order valence-corrected chi connectivity index (χ3v) is 7.54. The zero-order chi connectivity index (χ0) is 27.9. The number of amides is 1. The highest BCUT2D eigenvalue weighted by atomic mass is 35.5. The first kappa shape index (κ1) is 28.1. The van der Waals surface area contributed by atoms with Crippen LogP contribution in [0.5, 0.6) is 0 Å². The van der Waals surface area contributed by atoms with Crippen LogP contribution in [0.2, 0.25) is 5.15 Å². The molecule has 0 aliphatic rings. The fourth-order valence-electron chi connectivity index (χ4n) is 4.38. The number of carbonyl (C=O) groups excluding carboxylic acids is 1. The van der Waals surface area contributed by atoms with Crippen molar-refractivity contribution in [3.05, 3.63) is 92.9 Å². The smallest absolute Gasteiger partial charge is 0.327 e. The number of aryl methyl sites for hydroxylation is 1. The van der Waals surface area contributed by atoms with Crippen molar-refractivity contribution in [3.63, 3.8) is 0 Å². The molecule has 0 aliphatic heterocycles. The molecule has 0 bridgehead atoms. The first-order valence-electron chi connectivity index (χ1n) is 12.5. The fraction of sp³-hybridized carbons (Fsp3) is 0.286. The second-order valence-electron chi connectivity index (χ2n) is 9.12. The van der Waals surface area contributed by atoms with E-state index in [0.717, 1.165) is 29.1 Å². The number of benzene rings is 1. The lowest BCUT2D eigenvalue weighted by Gasteiger charge is -2.17. The van der Waals surface area contributed by atoms with Gasteiger partial charge >= 0.3 is 11.9 Å². The van der Waals surface area contributed by atoms with E-state index >= 15 is 0 Å². The third-order valence-electron chi connectivity index (χ3n) is 6.33. The highest BCUT2D eigenvalue weighted by Crippen LogP contribution is 2.24. The summed E-state index contributed by atoms with van der Waals surface area (Å²) in [7, 11) is 0. The Morgan fingerprint density at radius 1 is 1.10 bits per heavy atom. The van der Waals surface area contributed by atoms with Crippen LogP contribution in [0.4, 0.5) is 5.69 Å². The predicted octanol–water partition coefficient (Wildman–Crippen LogP) is 5.54. The Labute approximate surface area is 234 Å². The fourth-order valence-corrected chi connectivity index (χ4v) is 5.39. The summed E-state index contributed by atoms with van der Waals surface area (Å²) in [6.07, 6.45) is 4.22. The molecule has 4 aromatic rings. The molecular formula is C28H29ClN4O5S. The number of thiophene rings is 1. The standard InChI is InChI=1S/C28H29ClN4O5S/c1-2-3-8-24-31-26(29)22(16-25(34)35)33(24)17-18-9-11-19(12-10-18)30-27(36)21-7-4-13-32(21)23(28(37)38)15-20-6-5-14-39-20/h4-7,9-14,23H,2-3,8,15-17H2,1H3,(H,30,36)(H,34,35)(H,37,38)/t23-/m0/s1.